The van der Waals surface area contributed by atoms with Crippen LogP contribution in [0.25, 0.3) is 0 Å². The minimum absolute atomic E-state index is 0.0748. The summed E-state index contributed by atoms with van der Waals surface area (Å²) in [5.74, 6) is 3.25. The van der Waals surface area contributed by atoms with Crippen LogP contribution >= 0.6 is 11.3 Å². The van der Waals surface area contributed by atoms with Crippen LogP contribution in [0.1, 0.15) is 90.7 Å². The average Bonchev–Trinajstić information content (AvgIpc) is 3.35. The van der Waals surface area contributed by atoms with Gasteiger partial charge < -0.3 is 15.5 Å². The smallest absolute Gasteiger partial charge is 0.226 e. The highest BCUT2D eigenvalue weighted by Crippen LogP contribution is 2.68. The Labute approximate surface area is 209 Å². The van der Waals surface area contributed by atoms with Gasteiger partial charge >= 0.3 is 0 Å². The number of thiazole rings is 1. The third-order valence-corrected chi connectivity index (χ3v) is 12.0. The van der Waals surface area contributed by atoms with E-state index >= 15 is 0 Å². The Morgan fingerprint density at radius 2 is 1.88 bits per heavy atom. The van der Waals surface area contributed by atoms with E-state index in [0.29, 0.717) is 47.1 Å². The Balaban J connectivity index is 1.25. The van der Waals surface area contributed by atoms with Gasteiger partial charge in [0.05, 0.1) is 17.9 Å². The Kier molecular flexibility index (Phi) is 6.65. The molecule has 0 aliphatic heterocycles. The lowest BCUT2D eigenvalue weighted by Crippen LogP contribution is -2.58. The van der Waals surface area contributed by atoms with Crippen LogP contribution in [-0.2, 0) is 4.79 Å². The first-order valence-electron chi connectivity index (χ1n) is 13.7. The summed E-state index contributed by atoms with van der Waals surface area (Å²) in [5, 5.41) is 27.3. The first-order valence-corrected chi connectivity index (χ1v) is 14.6. The monoisotopic (exact) mass is 488 g/mol. The molecule has 1 aromatic heterocycles. The van der Waals surface area contributed by atoms with Gasteiger partial charge in [0.15, 0.2) is 5.13 Å². The van der Waals surface area contributed by atoms with Gasteiger partial charge in [0, 0.05) is 11.8 Å². The van der Waals surface area contributed by atoms with E-state index in [0.717, 1.165) is 37.8 Å². The molecule has 4 saturated carbocycles. The lowest BCUT2D eigenvalue weighted by Gasteiger charge is -2.62. The van der Waals surface area contributed by atoms with E-state index < -0.39 is 0 Å². The predicted octanol–water partition coefficient (Wildman–Crippen LogP) is 5.80. The fraction of sp³-hybridized carbons (Fsp3) is 0.857. The zero-order valence-corrected chi connectivity index (χ0v) is 22.2. The van der Waals surface area contributed by atoms with E-state index in [1.807, 2.05) is 12.3 Å². The molecule has 0 radical (unpaired) electrons. The second-order valence-corrected chi connectivity index (χ2v) is 13.7. The van der Waals surface area contributed by atoms with Crippen molar-refractivity contribution < 1.29 is 15.0 Å². The van der Waals surface area contributed by atoms with Crippen molar-refractivity contribution in [2.45, 2.75) is 104 Å². The molecular formula is C28H44N2O3S. The van der Waals surface area contributed by atoms with Crippen LogP contribution in [-0.4, -0.2) is 33.3 Å². The van der Waals surface area contributed by atoms with Gasteiger partial charge in [0.2, 0.25) is 5.91 Å². The van der Waals surface area contributed by atoms with E-state index in [9.17, 15) is 15.0 Å². The largest absolute Gasteiger partial charge is 0.393 e. The molecule has 3 N–H and O–H groups in total. The summed E-state index contributed by atoms with van der Waals surface area (Å²) in [6, 6.07) is 0. The molecule has 10 unspecified atom stereocenters. The molecule has 1 aromatic rings. The lowest BCUT2D eigenvalue weighted by molar-refractivity contribution is -0.174. The van der Waals surface area contributed by atoms with Crippen LogP contribution < -0.4 is 5.32 Å². The van der Waals surface area contributed by atoms with Crippen molar-refractivity contribution in [2.75, 3.05) is 5.32 Å². The second kappa shape index (κ2) is 9.15. The molecule has 4 aliphatic rings. The number of aliphatic hydroxyl groups is 2. The van der Waals surface area contributed by atoms with E-state index in [2.05, 4.69) is 31.1 Å². The third kappa shape index (κ3) is 4.16. The number of anilines is 1. The summed E-state index contributed by atoms with van der Waals surface area (Å²) >= 11 is 1.49. The number of aromatic nitrogens is 1. The van der Waals surface area contributed by atoms with Gasteiger partial charge in [-0.3, -0.25) is 4.79 Å². The molecule has 1 heterocycles. The molecule has 190 valence electrons. The SMILES string of the molecule is Cc1csc(NC(=O)CCC(C)C2CCC3C4C(O)CC5CC(O)CCC5(C)C4CCC23C)n1. The summed E-state index contributed by atoms with van der Waals surface area (Å²) in [5.41, 5.74) is 1.49. The molecule has 0 bridgehead atoms. The number of nitrogens with one attached hydrogen (secondary N) is 1. The number of carbonyl (C=O) groups excluding carboxylic acids is 1. The van der Waals surface area contributed by atoms with Crippen molar-refractivity contribution in [1.82, 2.24) is 4.98 Å². The van der Waals surface area contributed by atoms with Crippen LogP contribution in [0.5, 0.6) is 0 Å². The minimum Gasteiger partial charge on any atom is -0.393 e. The lowest BCUT2D eigenvalue weighted by atomic mass is 9.43. The molecule has 34 heavy (non-hydrogen) atoms. The third-order valence-electron chi connectivity index (χ3n) is 11.1. The first kappa shape index (κ1) is 24.7. The van der Waals surface area contributed by atoms with Crippen molar-refractivity contribution in [1.29, 1.82) is 0 Å². The molecule has 6 heteroatoms. The molecule has 0 spiro atoms. The van der Waals surface area contributed by atoms with Crippen LogP contribution in [0.2, 0.25) is 0 Å². The summed E-state index contributed by atoms with van der Waals surface area (Å²) in [6.07, 6.45) is 9.76. The van der Waals surface area contributed by atoms with Gasteiger partial charge in [-0.25, -0.2) is 4.98 Å². The maximum Gasteiger partial charge on any atom is 0.226 e. The van der Waals surface area contributed by atoms with E-state index in [-0.39, 0.29) is 28.9 Å². The summed E-state index contributed by atoms with van der Waals surface area (Å²) in [4.78, 5) is 16.9. The standard InChI is InChI=1S/C28H44N2O3S/c1-16(5-8-24(33)30-26-29-17(2)15-34-26)20-6-7-21-25-22(10-12-28(20,21)4)27(3)11-9-19(31)13-18(27)14-23(25)32/h15-16,18-23,25,31-32H,5-14H2,1-4H3,(H,29,30,33). The van der Waals surface area contributed by atoms with Crippen LogP contribution in [0, 0.1) is 53.3 Å². The number of rotatable bonds is 5. The quantitative estimate of drug-likeness (QED) is 0.489. The Morgan fingerprint density at radius 3 is 2.62 bits per heavy atom. The van der Waals surface area contributed by atoms with E-state index in [1.54, 1.807) is 0 Å². The highest BCUT2D eigenvalue weighted by atomic mass is 32.1. The molecule has 4 fully saturated rings. The molecule has 0 aromatic carbocycles. The van der Waals surface area contributed by atoms with Gasteiger partial charge in [-0.1, -0.05) is 20.8 Å². The van der Waals surface area contributed by atoms with Crippen LogP contribution in [0.15, 0.2) is 5.38 Å². The molecule has 10 atom stereocenters. The highest BCUT2D eigenvalue weighted by molar-refractivity contribution is 7.13. The Bertz CT molecular complexity index is 904. The molecule has 5 rings (SSSR count). The Hall–Kier alpha value is -0.980. The fourth-order valence-corrected chi connectivity index (χ4v) is 10.0. The number of aliphatic hydroxyl groups excluding tert-OH is 2. The minimum atomic E-state index is -0.223. The van der Waals surface area contributed by atoms with E-state index in [1.165, 1.54) is 37.0 Å². The second-order valence-electron chi connectivity index (χ2n) is 12.8. The fourth-order valence-electron chi connectivity index (χ4n) is 9.33. The maximum absolute atomic E-state index is 12.5. The van der Waals surface area contributed by atoms with Crippen LogP contribution in [0.3, 0.4) is 0 Å². The zero-order chi connectivity index (χ0) is 24.3. The normalized spacial score (nSPS) is 44.6. The number of aryl methyl sites for hydroxylation is 1. The number of fused-ring (bicyclic) bond motifs is 5. The molecule has 0 saturated heterocycles. The maximum atomic E-state index is 12.5. The summed E-state index contributed by atoms with van der Waals surface area (Å²) in [7, 11) is 0. The number of hydrogen-bond acceptors (Lipinski definition) is 5. The number of hydrogen-bond donors (Lipinski definition) is 3. The number of carbonyl (C=O) groups is 1. The van der Waals surface area contributed by atoms with Gasteiger partial charge in [-0.15, -0.1) is 11.3 Å². The van der Waals surface area contributed by atoms with Gasteiger partial charge in [0.1, 0.15) is 0 Å². The predicted molar refractivity (Wildman–Crippen MR) is 136 cm³/mol. The summed E-state index contributed by atoms with van der Waals surface area (Å²) in [6.45, 7) is 9.28. The molecule has 1 amide bonds. The first-order chi connectivity index (χ1) is 16.1. The van der Waals surface area contributed by atoms with Gasteiger partial charge in [-0.05, 0) is 111 Å². The van der Waals surface area contributed by atoms with Gasteiger partial charge in [-0.2, -0.15) is 0 Å². The van der Waals surface area contributed by atoms with Crippen molar-refractivity contribution in [3.8, 4) is 0 Å². The van der Waals surface area contributed by atoms with Crippen molar-refractivity contribution in [3.05, 3.63) is 11.1 Å². The number of nitrogens with zero attached hydrogens (tertiary/aromatic N) is 1. The van der Waals surface area contributed by atoms with Gasteiger partial charge in [0.25, 0.3) is 0 Å². The van der Waals surface area contributed by atoms with Crippen molar-refractivity contribution >= 4 is 22.4 Å². The van der Waals surface area contributed by atoms with Crippen molar-refractivity contribution in [2.24, 2.45) is 46.3 Å². The highest BCUT2D eigenvalue weighted by Gasteiger charge is 2.62. The molecule has 4 aliphatic carbocycles. The average molecular weight is 489 g/mol. The molecule has 5 nitrogen and oxygen atoms in total. The van der Waals surface area contributed by atoms with E-state index in [4.69, 9.17) is 0 Å². The topological polar surface area (TPSA) is 82.5 Å². The van der Waals surface area contributed by atoms with Crippen LogP contribution in [0.4, 0.5) is 5.13 Å². The molecular weight excluding hydrogens is 444 g/mol. The summed E-state index contributed by atoms with van der Waals surface area (Å²) < 4.78 is 0. The zero-order valence-electron chi connectivity index (χ0n) is 21.4. The van der Waals surface area contributed by atoms with Crippen molar-refractivity contribution in [3.63, 3.8) is 0 Å². The number of amides is 1. The Morgan fingerprint density at radius 1 is 1.15 bits per heavy atom.